The number of hydrogen-bond acceptors (Lipinski definition) is 2. The molecule has 1 atom stereocenters. The predicted octanol–water partition coefficient (Wildman–Crippen LogP) is 4.60. The first-order valence-corrected chi connectivity index (χ1v) is 8.26. The molecule has 0 saturated carbocycles. The van der Waals surface area contributed by atoms with Crippen LogP contribution < -0.4 is 5.73 Å². The highest BCUT2D eigenvalue weighted by atomic mass is 32.2. The fraction of sp³-hybridized carbons (Fsp3) is 1.00. The van der Waals surface area contributed by atoms with E-state index in [-0.39, 0.29) is 0 Å². The Labute approximate surface area is 107 Å². The molecule has 0 aromatic carbocycles. The maximum atomic E-state index is 5.70. The zero-order valence-electron chi connectivity index (χ0n) is 11.3. The van der Waals surface area contributed by atoms with Gasteiger partial charge in [0, 0.05) is 6.04 Å². The number of rotatable bonds is 12. The van der Waals surface area contributed by atoms with Crippen LogP contribution in [-0.2, 0) is 0 Å². The highest BCUT2D eigenvalue weighted by molar-refractivity contribution is 7.99. The van der Waals surface area contributed by atoms with Gasteiger partial charge in [-0.2, -0.15) is 11.8 Å². The number of hydrogen-bond donors (Lipinski definition) is 1. The van der Waals surface area contributed by atoms with Crippen molar-refractivity contribution in [3.8, 4) is 0 Å². The number of thioether (sulfide) groups is 1. The van der Waals surface area contributed by atoms with E-state index < -0.39 is 0 Å². The molecule has 0 saturated heterocycles. The van der Waals surface area contributed by atoms with Crippen molar-refractivity contribution in [2.75, 3.05) is 11.5 Å². The van der Waals surface area contributed by atoms with Crippen molar-refractivity contribution in [3.05, 3.63) is 0 Å². The van der Waals surface area contributed by atoms with Gasteiger partial charge in [0.05, 0.1) is 0 Å². The summed E-state index contributed by atoms with van der Waals surface area (Å²) in [4.78, 5) is 0. The second-order valence-corrected chi connectivity index (χ2v) is 6.08. The van der Waals surface area contributed by atoms with Crippen molar-refractivity contribution < 1.29 is 0 Å². The van der Waals surface area contributed by atoms with Gasteiger partial charge in [-0.25, -0.2) is 0 Å². The summed E-state index contributed by atoms with van der Waals surface area (Å²) in [5, 5.41) is 0. The molecular weight excluding hydrogens is 214 g/mol. The van der Waals surface area contributed by atoms with Gasteiger partial charge in [-0.3, -0.25) is 0 Å². The van der Waals surface area contributed by atoms with Gasteiger partial charge in [0.15, 0.2) is 0 Å². The summed E-state index contributed by atoms with van der Waals surface area (Å²) in [7, 11) is 0. The topological polar surface area (TPSA) is 26.0 Å². The molecule has 0 amide bonds. The highest BCUT2D eigenvalue weighted by Gasteiger charge is 1.95. The minimum absolute atomic E-state index is 0.381. The largest absolute Gasteiger partial charge is 0.328 e. The van der Waals surface area contributed by atoms with Crippen molar-refractivity contribution >= 4 is 11.8 Å². The number of unbranched alkanes of at least 4 members (excludes halogenated alkanes) is 7. The average molecular weight is 245 g/mol. The molecule has 0 bridgehead atoms. The molecule has 0 fully saturated rings. The predicted molar refractivity (Wildman–Crippen MR) is 78.2 cm³/mol. The zero-order chi connectivity index (χ0) is 12.1. The summed E-state index contributed by atoms with van der Waals surface area (Å²) < 4.78 is 0. The van der Waals surface area contributed by atoms with Crippen molar-refractivity contribution in [3.63, 3.8) is 0 Å². The van der Waals surface area contributed by atoms with E-state index in [4.69, 9.17) is 5.73 Å². The highest BCUT2D eigenvalue weighted by Crippen LogP contribution is 2.12. The Morgan fingerprint density at radius 3 is 2.00 bits per heavy atom. The Morgan fingerprint density at radius 2 is 1.44 bits per heavy atom. The van der Waals surface area contributed by atoms with Gasteiger partial charge < -0.3 is 5.73 Å². The molecule has 16 heavy (non-hydrogen) atoms. The van der Waals surface area contributed by atoms with E-state index in [1.807, 2.05) is 0 Å². The molecular formula is C14H31NS. The summed E-state index contributed by atoms with van der Waals surface area (Å²) >= 11 is 2.07. The average Bonchev–Trinajstić information content (AvgIpc) is 2.25. The van der Waals surface area contributed by atoms with E-state index >= 15 is 0 Å². The zero-order valence-corrected chi connectivity index (χ0v) is 12.2. The smallest absolute Gasteiger partial charge is 0.00183 e. The third kappa shape index (κ3) is 14.3. The molecule has 0 aliphatic carbocycles. The van der Waals surface area contributed by atoms with Crippen LogP contribution in [-0.4, -0.2) is 17.5 Å². The van der Waals surface area contributed by atoms with E-state index in [0.717, 1.165) is 0 Å². The van der Waals surface area contributed by atoms with Crippen LogP contribution in [0.25, 0.3) is 0 Å². The van der Waals surface area contributed by atoms with Gasteiger partial charge in [-0.05, 0) is 31.3 Å². The van der Waals surface area contributed by atoms with Crippen LogP contribution in [0.4, 0.5) is 0 Å². The lowest BCUT2D eigenvalue weighted by Crippen LogP contribution is -2.15. The summed E-state index contributed by atoms with van der Waals surface area (Å²) in [5.74, 6) is 2.58. The first-order valence-electron chi connectivity index (χ1n) is 7.10. The van der Waals surface area contributed by atoms with Crippen LogP contribution in [0.1, 0.15) is 71.6 Å². The molecule has 0 aromatic rings. The van der Waals surface area contributed by atoms with Crippen LogP contribution in [0.15, 0.2) is 0 Å². The molecule has 1 unspecified atom stereocenters. The van der Waals surface area contributed by atoms with E-state index in [2.05, 4.69) is 25.6 Å². The summed E-state index contributed by atoms with van der Waals surface area (Å²) in [6.45, 7) is 4.37. The molecule has 98 valence electrons. The Bertz CT molecular complexity index is 126. The van der Waals surface area contributed by atoms with Crippen molar-refractivity contribution in [2.45, 2.75) is 77.7 Å². The lowest BCUT2D eigenvalue weighted by molar-refractivity contribution is 0.586. The standard InChI is InChI=1S/C14H31NS/c1-3-4-5-6-7-8-9-10-12-16-13-11-14(2)15/h14H,3-13,15H2,1-2H3. The normalized spacial score (nSPS) is 12.9. The molecule has 0 aromatic heterocycles. The van der Waals surface area contributed by atoms with Gasteiger partial charge >= 0.3 is 0 Å². The minimum atomic E-state index is 0.381. The fourth-order valence-electron chi connectivity index (χ4n) is 1.71. The maximum absolute atomic E-state index is 5.70. The Balaban J connectivity index is 2.88. The Kier molecular flexibility index (Phi) is 13.6. The second kappa shape index (κ2) is 13.4. The third-order valence-corrected chi connectivity index (χ3v) is 3.96. The van der Waals surface area contributed by atoms with Gasteiger partial charge in [0.1, 0.15) is 0 Å². The molecule has 0 rings (SSSR count). The van der Waals surface area contributed by atoms with Crippen molar-refractivity contribution in [1.82, 2.24) is 0 Å². The summed E-state index contributed by atoms with van der Waals surface area (Å²) in [6.07, 6.45) is 12.6. The summed E-state index contributed by atoms with van der Waals surface area (Å²) in [6, 6.07) is 0.381. The molecule has 0 aliphatic rings. The van der Waals surface area contributed by atoms with Gasteiger partial charge in [-0.15, -0.1) is 0 Å². The quantitative estimate of drug-likeness (QED) is 0.509. The molecule has 2 N–H and O–H groups in total. The van der Waals surface area contributed by atoms with Crippen molar-refractivity contribution in [2.24, 2.45) is 5.73 Å². The third-order valence-electron chi connectivity index (χ3n) is 2.86. The monoisotopic (exact) mass is 245 g/mol. The maximum Gasteiger partial charge on any atom is 0.00183 e. The molecule has 0 heterocycles. The van der Waals surface area contributed by atoms with Crippen LogP contribution in [0, 0.1) is 0 Å². The minimum Gasteiger partial charge on any atom is -0.328 e. The first-order chi connectivity index (χ1) is 7.77. The lowest BCUT2D eigenvalue weighted by Gasteiger charge is -2.04. The van der Waals surface area contributed by atoms with Crippen LogP contribution in [0.5, 0.6) is 0 Å². The van der Waals surface area contributed by atoms with Crippen LogP contribution in [0.2, 0.25) is 0 Å². The Morgan fingerprint density at radius 1 is 0.875 bits per heavy atom. The molecule has 1 nitrogen and oxygen atoms in total. The molecule has 0 radical (unpaired) electrons. The Hall–Kier alpha value is 0.310. The fourth-order valence-corrected chi connectivity index (χ4v) is 2.86. The number of nitrogens with two attached hydrogens (primary N) is 1. The van der Waals surface area contributed by atoms with Crippen LogP contribution in [0.3, 0.4) is 0 Å². The SMILES string of the molecule is CCCCCCCCCCSCCC(C)N. The molecule has 0 aliphatic heterocycles. The second-order valence-electron chi connectivity index (χ2n) is 4.85. The summed E-state index contributed by atoms with van der Waals surface area (Å²) in [5.41, 5.74) is 5.70. The van der Waals surface area contributed by atoms with E-state index in [1.54, 1.807) is 0 Å². The lowest BCUT2D eigenvalue weighted by atomic mass is 10.1. The van der Waals surface area contributed by atoms with Gasteiger partial charge in [0.25, 0.3) is 0 Å². The molecule has 2 heteroatoms. The van der Waals surface area contributed by atoms with Crippen molar-refractivity contribution in [1.29, 1.82) is 0 Å². The first kappa shape index (κ1) is 16.3. The van der Waals surface area contributed by atoms with E-state index in [9.17, 15) is 0 Å². The van der Waals surface area contributed by atoms with E-state index in [0.29, 0.717) is 6.04 Å². The van der Waals surface area contributed by atoms with E-state index in [1.165, 1.54) is 69.3 Å². The van der Waals surface area contributed by atoms with Gasteiger partial charge in [-0.1, -0.05) is 51.9 Å². The molecule has 0 spiro atoms. The van der Waals surface area contributed by atoms with Gasteiger partial charge in [0.2, 0.25) is 0 Å². The van der Waals surface area contributed by atoms with Crippen LogP contribution >= 0.6 is 11.8 Å².